The summed E-state index contributed by atoms with van der Waals surface area (Å²) < 4.78 is 6.62. The molecule has 0 unspecified atom stereocenters. The van der Waals surface area contributed by atoms with E-state index < -0.39 is 11.5 Å². The van der Waals surface area contributed by atoms with E-state index in [0.29, 0.717) is 33.9 Å². The smallest absolute Gasteiger partial charge is 0.265 e. The molecule has 10 heteroatoms. The fourth-order valence-corrected chi connectivity index (χ4v) is 4.47. The van der Waals surface area contributed by atoms with E-state index in [4.69, 9.17) is 10.5 Å². The zero-order chi connectivity index (χ0) is 21.6. The summed E-state index contributed by atoms with van der Waals surface area (Å²) in [5.74, 6) is -0.596. The number of ether oxygens (including phenoxy) is 1. The minimum Gasteiger partial charge on any atom is -0.482 e. The van der Waals surface area contributed by atoms with E-state index >= 15 is 0 Å². The van der Waals surface area contributed by atoms with E-state index in [2.05, 4.69) is 4.98 Å². The Kier molecular flexibility index (Phi) is 4.86. The number of nitrogens with zero attached hydrogens (tertiary/aromatic N) is 3. The Morgan fingerprint density at radius 2 is 2.07 bits per heavy atom. The number of ketones is 1. The number of anilines is 1. The number of carbonyl (C=O) groups excluding carboxylic acids is 3. The van der Waals surface area contributed by atoms with Crippen LogP contribution in [0, 0.1) is 6.92 Å². The Morgan fingerprint density at radius 1 is 1.30 bits per heavy atom. The molecule has 0 bridgehead atoms. The number of likely N-dealkylation sites (N-methyl/N-ethyl adjacent to an activating group) is 1. The molecule has 0 saturated carbocycles. The number of rotatable bonds is 5. The highest BCUT2D eigenvalue weighted by Crippen LogP contribution is 2.33. The van der Waals surface area contributed by atoms with Gasteiger partial charge in [-0.3, -0.25) is 23.7 Å². The van der Waals surface area contributed by atoms with E-state index in [9.17, 15) is 19.2 Å². The van der Waals surface area contributed by atoms with Crippen LogP contribution >= 0.6 is 11.3 Å². The van der Waals surface area contributed by atoms with Crippen molar-refractivity contribution in [2.45, 2.75) is 20.4 Å². The topological polar surface area (TPSA) is 125 Å². The van der Waals surface area contributed by atoms with Crippen molar-refractivity contribution in [2.75, 3.05) is 18.1 Å². The van der Waals surface area contributed by atoms with Crippen LogP contribution in [0.5, 0.6) is 5.75 Å². The van der Waals surface area contributed by atoms with Crippen molar-refractivity contribution in [2.24, 2.45) is 5.73 Å². The Labute approximate surface area is 174 Å². The van der Waals surface area contributed by atoms with Gasteiger partial charge in [-0.1, -0.05) is 0 Å². The van der Waals surface area contributed by atoms with E-state index in [1.165, 1.54) is 10.9 Å². The number of nitrogens with two attached hydrogens (primary N) is 1. The molecule has 3 aromatic rings. The Morgan fingerprint density at radius 3 is 2.77 bits per heavy atom. The van der Waals surface area contributed by atoms with Crippen molar-refractivity contribution < 1.29 is 19.1 Å². The molecule has 2 aromatic heterocycles. The molecule has 2 amide bonds. The van der Waals surface area contributed by atoms with Gasteiger partial charge in [-0.25, -0.2) is 4.98 Å². The zero-order valence-electron chi connectivity index (χ0n) is 16.3. The van der Waals surface area contributed by atoms with Crippen molar-refractivity contribution in [3.63, 3.8) is 0 Å². The van der Waals surface area contributed by atoms with Gasteiger partial charge in [0.2, 0.25) is 0 Å². The van der Waals surface area contributed by atoms with Crippen LogP contribution < -0.4 is 20.9 Å². The maximum Gasteiger partial charge on any atom is 0.265 e. The molecule has 3 heterocycles. The third-order valence-electron chi connectivity index (χ3n) is 5.00. The van der Waals surface area contributed by atoms with Crippen LogP contribution in [-0.4, -0.2) is 40.3 Å². The predicted octanol–water partition coefficient (Wildman–Crippen LogP) is 1.49. The monoisotopic (exact) mass is 426 g/mol. The average molecular weight is 426 g/mol. The molecule has 9 nitrogen and oxygen atoms in total. The summed E-state index contributed by atoms with van der Waals surface area (Å²) in [7, 11) is 0. The van der Waals surface area contributed by atoms with Crippen LogP contribution in [0.4, 0.5) is 5.69 Å². The Hall–Kier alpha value is -3.53. The van der Waals surface area contributed by atoms with Gasteiger partial charge in [0.1, 0.15) is 10.6 Å². The van der Waals surface area contributed by atoms with Crippen molar-refractivity contribution in [1.29, 1.82) is 0 Å². The van der Waals surface area contributed by atoms with E-state index in [1.807, 2.05) is 6.92 Å². The molecule has 0 atom stereocenters. The Balaban J connectivity index is 1.69. The van der Waals surface area contributed by atoms with Crippen molar-refractivity contribution in [3.05, 3.63) is 50.9 Å². The molecular weight excluding hydrogens is 408 g/mol. The fraction of sp³-hybridized carbons (Fsp3) is 0.250. The number of aromatic nitrogens is 2. The summed E-state index contributed by atoms with van der Waals surface area (Å²) in [5, 5.41) is 0.283. The second kappa shape index (κ2) is 7.38. The number of primary amides is 1. The molecule has 0 spiro atoms. The standard InChI is InChI=1S/C20H18N4O5S/c1-3-24-12-6-11(4-5-14(12)29-8-15(24)26)13(25)7-23-9-22-19-16(20(23)28)10(2)17(30-19)18(21)27/h4-6,9H,3,7-8H2,1-2H3,(H2,21,27). The van der Waals surface area contributed by atoms with E-state index in [-0.39, 0.29) is 35.1 Å². The number of fused-ring (bicyclic) bond motifs is 2. The second-order valence-electron chi connectivity index (χ2n) is 6.81. The highest BCUT2D eigenvalue weighted by atomic mass is 32.1. The first-order chi connectivity index (χ1) is 14.3. The van der Waals surface area contributed by atoms with Gasteiger partial charge in [-0.05, 0) is 37.6 Å². The van der Waals surface area contributed by atoms with Gasteiger partial charge in [0.15, 0.2) is 12.4 Å². The van der Waals surface area contributed by atoms with Crippen LogP contribution in [0.1, 0.15) is 32.5 Å². The number of aryl methyl sites for hydroxylation is 1. The summed E-state index contributed by atoms with van der Waals surface area (Å²) in [6, 6.07) is 4.84. The van der Waals surface area contributed by atoms with Crippen LogP contribution in [-0.2, 0) is 11.3 Å². The van der Waals surface area contributed by atoms with Crippen LogP contribution in [0.3, 0.4) is 0 Å². The highest BCUT2D eigenvalue weighted by Gasteiger charge is 2.25. The molecule has 0 fully saturated rings. The first-order valence-corrected chi connectivity index (χ1v) is 10.0. The molecule has 1 aliphatic rings. The van der Waals surface area contributed by atoms with Gasteiger partial charge in [-0.2, -0.15) is 0 Å². The second-order valence-corrected chi connectivity index (χ2v) is 7.81. The lowest BCUT2D eigenvalue weighted by atomic mass is 10.1. The van der Waals surface area contributed by atoms with Crippen molar-refractivity contribution in [3.8, 4) is 5.75 Å². The lowest BCUT2D eigenvalue weighted by Gasteiger charge is -2.28. The highest BCUT2D eigenvalue weighted by molar-refractivity contribution is 7.20. The van der Waals surface area contributed by atoms with Gasteiger partial charge in [0.25, 0.3) is 17.4 Å². The van der Waals surface area contributed by atoms with Gasteiger partial charge in [0, 0.05) is 12.1 Å². The maximum absolute atomic E-state index is 12.9. The van der Waals surface area contributed by atoms with Crippen LogP contribution in [0.25, 0.3) is 10.2 Å². The third kappa shape index (κ3) is 3.14. The molecule has 0 radical (unpaired) electrons. The summed E-state index contributed by atoms with van der Waals surface area (Å²) in [6.07, 6.45) is 1.28. The normalized spacial score (nSPS) is 13.3. The Bertz CT molecular complexity index is 1280. The predicted molar refractivity (Wildman–Crippen MR) is 111 cm³/mol. The quantitative estimate of drug-likeness (QED) is 0.617. The van der Waals surface area contributed by atoms with Crippen LogP contribution in [0.15, 0.2) is 29.3 Å². The largest absolute Gasteiger partial charge is 0.482 e. The number of carbonyl (C=O) groups is 3. The fourth-order valence-electron chi connectivity index (χ4n) is 3.48. The SMILES string of the molecule is CCN1C(=O)COc2ccc(C(=O)Cn3cnc4sc(C(N)=O)c(C)c4c3=O)cc21. The molecule has 30 heavy (non-hydrogen) atoms. The first kappa shape index (κ1) is 19.8. The third-order valence-corrected chi connectivity index (χ3v) is 6.21. The molecule has 1 aliphatic heterocycles. The lowest BCUT2D eigenvalue weighted by Crippen LogP contribution is -2.38. The minimum absolute atomic E-state index is 0.0392. The number of Topliss-reactive ketones (excluding diaryl/α,β-unsaturated/α-hetero) is 1. The maximum atomic E-state index is 12.9. The summed E-state index contributed by atoms with van der Waals surface area (Å²) in [6.45, 7) is 3.65. The molecule has 4 rings (SSSR count). The van der Waals surface area contributed by atoms with Crippen molar-refractivity contribution >= 4 is 44.8 Å². The van der Waals surface area contributed by atoms with Crippen LogP contribution in [0.2, 0.25) is 0 Å². The lowest BCUT2D eigenvalue weighted by molar-refractivity contribution is -0.121. The van der Waals surface area contributed by atoms with Gasteiger partial charge < -0.3 is 15.4 Å². The molecule has 1 aromatic carbocycles. The summed E-state index contributed by atoms with van der Waals surface area (Å²) in [5.41, 5.74) is 6.27. The first-order valence-electron chi connectivity index (χ1n) is 9.20. The summed E-state index contributed by atoms with van der Waals surface area (Å²) in [4.78, 5) is 55.8. The number of benzene rings is 1. The van der Waals surface area contributed by atoms with Gasteiger partial charge in [-0.15, -0.1) is 11.3 Å². The number of hydrogen-bond donors (Lipinski definition) is 1. The van der Waals surface area contributed by atoms with E-state index in [0.717, 1.165) is 11.3 Å². The number of thiophene rings is 1. The zero-order valence-corrected chi connectivity index (χ0v) is 17.1. The minimum atomic E-state index is -0.621. The molecule has 2 N–H and O–H groups in total. The average Bonchev–Trinajstić information content (AvgIpc) is 3.07. The van der Waals surface area contributed by atoms with Gasteiger partial charge >= 0.3 is 0 Å². The number of hydrogen-bond acceptors (Lipinski definition) is 7. The van der Waals surface area contributed by atoms with E-state index in [1.54, 1.807) is 30.0 Å². The van der Waals surface area contributed by atoms with Gasteiger partial charge in [0.05, 0.1) is 28.8 Å². The summed E-state index contributed by atoms with van der Waals surface area (Å²) >= 11 is 1.05. The molecule has 0 saturated heterocycles. The number of amides is 2. The molecular formula is C20H18N4O5S. The van der Waals surface area contributed by atoms with Crippen molar-refractivity contribution in [1.82, 2.24) is 9.55 Å². The molecule has 0 aliphatic carbocycles. The molecule has 154 valence electrons.